The number of halogens is 1. The number of nitrogens with zero attached hydrogens (tertiary/aromatic N) is 1. The van der Waals surface area contributed by atoms with Gasteiger partial charge in [-0.2, -0.15) is 5.10 Å². The quantitative estimate of drug-likeness (QED) is 0.618. The molecule has 0 amide bonds. The van der Waals surface area contributed by atoms with Gasteiger partial charge in [0.15, 0.2) is 0 Å². The molecule has 3 aromatic rings. The van der Waals surface area contributed by atoms with Crippen molar-refractivity contribution in [3.8, 4) is 5.75 Å². The van der Waals surface area contributed by atoms with Gasteiger partial charge >= 0.3 is 0 Å². The van der Waals surface area contributed by atoms with E-state index in [0.717, 1.165) is 28.3 Å². The largest absolute Gasteiger partial charge is 0.485 e. The molecule has 0 radical (unpaired) electrons. The molecule has 1 aliphatic heterocycles. The normalized spacial score (nSPS) is 17.6. The Hall–Kier alpha value is -2.78. The zero-order valence-electron chi connectivity index (χ0n) is 13.5. The fraction of sp³-hybridized carbons (Fsp3) is 0.0952. The number of hydrogen-bond acceptors (Lipinski definition) is 3. The third-order valence-electron chi connectivity index (χ3n) is 4.20. The number of hydrogen-bond donors (Lipinski definition) is 1. The van der Waals surface area contributed by atoms with Gasteiger partial charge < -0.3 is 4.74 Å². The molecule has 1 atom stereocenters. The first-order chi connectivity index (χ1) is 12.3. The third-order valence-corrected chi connectivity index (χ3v) is 4.53. The van der Waals surface area contributed by atoms with Gasteiger partial charge in [0.1, 0.15) is 11.9 Å². The molecule has 0 saturated carbocycles. The van der Waals surface area contributed by atoms with Crippen LogP contribution in [0.2, 0.25) is 5.02 Å². The summed E-state index contributed by atoms with van der Waals surface area (Å²) in [5.41, 5.74) is 6.99. The van der Waals surface area contributed by atoms with Crippen LogP contribution in [0.25, 0.3) is 0 Å². The smallest absolute Gasteiger partial charge is 0.129 e. The summed E-state index contributed by atoms with van der Waals surface area (Å²) < 4.78 is 6.19. The molecule has 1 unspecified atom stereocenters. The molecule has 124 valence electrons. The molecule has 0 spiro atoms. The third kappa shape index (κ3) is 3.37. The van der Waals surface area contributed by atoms with E-state index in [1.807, 2.05) is 66.7 Å². The topological polar surface area (TPSA) is 33.6 Å². The van der Waals surface area contributed by atoms with Crippen LogP contribution in [0.5, 0.6) is 5.75 Å². The molecule has 4 rings (SSSR count). The maximum absolute atomic E-state index is 6.21. The predicted octanol–water partition coefficient (Wildman–Crippen LogP) is 5.68. The second-order valence-corrected chi connectivity index (χ2v) is 6.27. The molecule has 3 aromatic carbocycles. The lowest BCUT2D eigenvalue weighted by Crippen LogP contribution is -2.21. The number of anilines is 1. The molecule has 25 heavy (non-hydrogen) atoms. The Morgan fingerprint density at radius 1 is 0.880 bits per heavy atom. The molecule has 4 heteroatoms. The number of fused-ring (bicyclic) bond motifs is 1. The van der Waals surface area contributed by atoms with E-state index in [2.05, 4.69) is 22.7 Å². The first-order valence-electron chi connectivity index (χ1n) is 8.19. The number of ether oxygens (including phenoxy) is 1. The molecule has 0 aromatic heterocycles. The highest BCUT2D eigenvalue weighted by Gasteiger charge is 2.26. The van der Waals surface area contributed by atoms with Crippen molar-refractivity contribution in [2.45, 2.75) is 12.5 Å². The van der Waals surface area contributed by atoms with Crippen molar-refractivity contribution in [1.29, 1.82) is 0 Å². The summed E-state index contributed by atoms with van der Waals surface area (Å²) in [6, 6.07) is 25.8. The maximum Gasteiger partial charge on any atom is 0.129 e. The van der Waals surface area contributed by atoms with Crippen LogP contribution >= 0.6 is 11.6 Å². The van der Waals surface area contributed by atoms with E-state index in [1.54, 1.807) is 0 Å². The monoisotopic (exact) mass is 348 g/mol. The van der Waals surface area contributed by atoms with E-state index in [1.165, 1.54) is 0 Å². The van der Waals surface area contributed by atoms with E-state index in [-0.39, 0.29) is 6.10 Å². The van der Waals surface area contributed by atoms with Crippen LogP contribution < -0.4 is 10.2 Å². The second kappa shape index (κ2) is 6.99. The first-order valence-corrected chi connectivity index (χ1v) is 8.57. The Bertz CT molecular complexity index is 909. The minimum Gasteiger partial charge on any atom is -0.485 e. The van der Waals surface area contributed by atoms with Crippen LogP contribution in [-0.4, -0.2) is 5.71 Å². The number of hydrazone groups is 1. The highest BCUT2D eigenvalue weighted by Crippen LogP contribution is 2.35. The van der Waals surface area contributed by atoms with Gasteiger partial charge in [0.2, 0.25) is 0 Å². The maximum atomic E-state index is 6.21. The fourth-order valence-electron chi connectivity index (χ4n) is 2.93. The van der Waals surface area contributed by atoms with Crippen molar-refractivity contribution < 1.29 is 4.74 Å². The van der Waals surface area contributed by atoms with Crippen LogP contribution in [0.4, 0.5) is 5.69 Å². The van der Waals surface area contributed by atoms with Crippen molar-refractivity contribution in [3.05, 3.63) is 95.0 Å². The molecule has 3 nitrogen and oxygen atoms in total. The van der Waals surface area contributed by atoms with Gasteiger partial charge in [0.25, 0.3) is 0 Å². The standard InChI is InChI=1S/C21H17ClN2O/c22-17-11-5-6-12-18(17)23-24-19-14-21(15-8-2-1-3-9-15)25-20-13-7-4-10-16(19)20/h1-13,21,23H,14H2. The molecule has 0 aliphatic carbocycles. The lowest BCUT2D eigenvalue weighted by atomic mass is 9.96. The minimum absolute atomic E-state index is 0.0529. The molecule has 0 fully saturated rings. The summed E-state index contributed by atoms with van der Waals surface area (Å²) in [7, 11) is 0. The number of benzene rings is 3. The van der Waals surface area contributed by atoms with Gasteiger partial charge in [0.05, 0.1) is 16.4 Å². The summed E-state index contributed by atoms with van der Waals surface area (Å²) >= 11 is 6.21. The van der Waals surface area contributed by atoms with Gasteiger partial charge in [-0.05, 0) is 29.8 Å². The van der Waals surface area contributed by atoms with Crippen LogP contribution in [0.15, 0.2) is 84.0 Å². The Morgan fingerprint density at radius 3 is 2.44 bits per heavy atom. The van der Waals surface area contributed by atoms with E-state index in [0.29, 0.717) is 11.4 Å². The lowest BCUT2D eigenvalue weighted by Gasteiger charge is -2.27. The van der Waals surface area contributed by atoms with E-state index < -0.39 is 0 Å². The molecule has 0 bridgehead atoms. The van der Waals surface area contributed by atoms with Crippen molar-refractivity contribution in [2.24, 2.45) is 5.10 Å². The highest BCUT2D eigenvalue weighted by atomic mass is 35.5. The fourth-order valence-corrected chi connectivity index (χ4v) is 3.11. The molecule has 0 saturated heterocycles. The van der Waals surface area contributed by atoms with E-state index in [4.69, 9.17) is 16.3 Å². The Morgan fingerprint density at radius 2 is 1.60 bits per heavy atom. The van der Waals surface area contributed by atoms with Crippen LogP contribution in [0.1, 0.15) is 23.7 Å². The Balaban J connectivity index is 1.68. The van der Waals surface area contributed by atoms with Crippen molar-refractivity contribution in [3.63, 3.8) is 0 Å². The van der Waals surface area contributed by atoms with Crippen LogP contribution in [0.3, 0.4) is 0 Å². The van der Waals surface area contributed by atoms with Gasteiger partial charge in [-0.3, -0.25) is 5.43 Å². The van der Waals surface area contributed by atoms with Crippen LogP contribution in [0, 0.1) is 0 Å². The number of nitrogens with one attached hydrogen (secondary N) is 1. The summed E-state index contributed by atoms with van der Waals surface area (Å²) in [5.74, 6) is 0.849. The van der Waals surface area contributed by atoms with Crippen LogP contribution in [-0.2, 0) is 0 Å². The van der Waals surface area contributed by atoms with Gasteiger partial charge in [-0.25, -0.2) is 0 Å². The Kier molecular flexibility index (Phi) is 4.40. The minimum atomic E-state index is -0.0529. The molecule has 1 N–H and O–H groups in total. The van der Waals surface area contributed by atoms with E-state index in [9.17, 15) is 0 Å². The van der Waals surface area contributed by atoms with Crippen molar-refractivity contribution in [1.82, 2.24) is 0 Å². The average molecular weight is 349 g/mol. The van der Waals surface area contributed by atoms with Gasteiger partial charge in [-0.15, -0.1) is 0 Å². The Labute approximate surface area is 151 Å². The number of para-hydroxylation sites is 2. The summed E-state index contributed by atoms with van der Waals surface area (Å²) in [6.45, 7) is 0. The summed E-state index contributed by atoms with van der Waals surface area (Å²) in [4.78, 5) is 0. The zero-order valence-corrected chi connectivity index (χ0v) is 14.3. The number of rotatable bonds is 3. The predicted molar refractivity (Wildman–Crippen MR) is 102 cm³/mol. The van der Waals surface area contributed by atoms with E-state index >= 15 is 0 Å². The summed E-state index contributed by atoms with van der Waals surface area (Å²) in [6.07, 6.45) is 0.640. The molecule has 1 heterocycles. The second-order valence-electron chi connectivity index (χ2n) is 5.87. The zero-order chi connectivity index (χ0) is 17.1. The molecule has 1 aliphatic rings. The van der Waals surface area contributed by atoms with Crippen molar-refractivity contribution >= 4 is 23.0 Å². The molecular formula is C21H17ClN2O. The first kappa shape index (κ1) is 15.7. The average Bonchev–Trinajstić information content (AvgIpc) is 2.67. The lowest BCUT2D eigenvalue weighted by molar-refractivity contribution is 0.206. The van der Waals surface area contributed by atoms with Gasteiger partial charge in [-0.1, -0.05) is 66.2 Å². The SMILES string of the molecule is Clc1ccccc1NN=C1CC(c2ccccc2)Oc2ccccc21. The van der Waals surface area contributed by atoms with Gasteiger partial charge in [0, 0.05) is 12.0 Å². The highest BCUT2D eigenvalue weighted by molar-refractivity contribution is 6.33. The molecular weight excluding hydrogens is 332 g/mol. The summed E-state index contributed by atoms with van der Waals surface area (Å²) in [5, 5.41) is 5.28. The van der Waals surface area contributed by atoms with Crippen molar-refractivity contribution in [2.75, 3.05) is 5.43 Å².